The lowest BCUT2D eigenvalue weighted by atomic mass is 10.3. The fourth-order valence-electron chi connectivity index (χ4n) is 2.23. The average molecular weight is 338 g/mol. The molecule has 3 aromatic rings. The Labute approximate surface area is 143 Å². The van der Waals surface area contributed by atoms with Crippen molar-refractivity contribution in [2.75, 3.05) is 17.6 Å². The second-order valence-corrected chi connectivity index (χ2v) is 6.79. The van der Waals surface area contributed by atoms with Gasteiger partial charge in [0, 0.05) is 35.2 Å². The largest absolute Gasteiger partial charge is 0.369 e. The van der Waals surface area contributed by atoms with Gasteiger partial charge in [-0.25, -0.2) is 9.97 Å². The molecule has 0 aliphatic rings. The highest BCUT2D eigenvalue weighted by Gasteiger charge is 2.07. The Morgan fingerprint density at radius 1 is 1.04 bits per heavy atom. The molecule has 0 bridgehead atoms. The van der Waals surface area contributed by atoms with Gasteiger partial charge in [-0.15, -0.1) is 0 Å². The normalized spacial score (nSPS) is 11.9. The molecule has 6 heteroatoms. The molecule has 1 atom stereocenters. The lowest BCUT2D eigenvalue weighted by molar-refractivity contribution is 0.683. The first kappa shape index (κ1) is 16.3. The molecule has 0 saturated heterocycles. The molecule has 0 saturated carbocycles. The molecule has 2 aromatic heterocycles. The van der Waals surface area contributed by atoms with Gasteiger partial charge in [0.25, 0.3) is 0 Å². The van der Waals surface area contributed by atoms with Gasteiger partial charge in [-0.05, 0) is 31.2 Å². The topological polar surface area (TPSA) is 67.8 Å². The number of hydrogen-bond acceptors (Lipinski definition) is 5. The van der Waals surface area contributed by atoms with Crippen molar-refractivity contribution in [3.8, 4) is 11.5 Å². The quantitative estimate of drug-likeness (QED) is 0.748. The number of aryl methyl sites for hydroxylation is 1. The highest BCUT2D eigenvalue weighted by Crippen LogP contribution is 2.15. The molecule has 0 spiro atoms. The van der Waals surface area contributed by atoms with E-state index in [0.29, 0.717) is 23.9 Å². The molecule has 1 N–H and O–H groups in total. The van der Waals surface area contributed by atoms with Crippen molar-refractivity contribution in [1.29, 1.82) is 0 Å². The van der Waals surface area contributed by atoms with E-state index in [9.17, 15) is 4.21 Å². The summed E-state index contributed by atoms with van der Waals surface area (Å²) in [6.07, 6.45) is 1.72. The Hall–Kier alpha value is -2.60. The van der Waals surface area contributed by atoms with E-state index < -0.39 is 10.8 Å². The molecule has 0 aliphatic heterocycles. The summed E-state index contributed by atoms with van der Waals surface area (Å²) in [7, 11) is -1.02. The van der Waals surface area contributed by atoms with E-state index >= 15 is 0 Å². The minimum Gasteiger partial charge on any atom is -0.369 e. The van der Waals surface area contributed by atoms with Crippen LogP contribution in [0.15, 0.2) is 65.7 Å². The summed E-state index contributed by atoms with van der Waals surface area (Å²) in [5.41, 5.74) is 1.59. The van der Waals surface area contributed by atoms with Crippen molar-refractivity contribution in [1.82, 2.24) is 15.0 Å². The van der Waals surface area contributed by atoms with Crippen LogP contribution in [0.5, 0.6) is 0 Å². The molecule has 1 aromatic carbocycles. The van der Waals surface area contributed by atoms with Crippen molar-refractivity contribution in [3.63, 3.8) is 0 Å². The minimum absolute atomic E-state index is 0.520. The molecule has 0 radical (unpaired) electrons. The van der Waals surface area contributed by atoms with Crippen molar-refractivity contribution < 1.29 is 4.21 Å². The minimum atomic E-state index is -1.02. The fourth-order valence-corrected chi connectivity index (χ4v) is 3.21. The van der Waals surface area contributed by atoms with Gasteiger partial charge in [-0.3, -0.25) is 9.19 Å². The predicted octanol–water partition coefficient (Wildman–Crippen LogP) is 3.07. The van der Waals surface area contributed by atoms with Crippen molar-refractivity contribution in [2.45, 2.75) is 11.8 Å². The molecule has 3 rings (SSSR count). The summed E-state index contributed by atoms with van der Waals surface area (Å²) in [6, 6.07) is 17.0. The third-order valence-corrected chi connectivity index (χ3v) is 4.72. The predicted molar refractivity (Wildman–Crippen MR) is 96.2 cm³/mol. The molecular weight excluding hydrogens is 320 g/mol. The standard InChI is InChI=1S/C18H18N4OS/c1-14-13-17(22-18(21-14)16-9-5-6-10-19-16)20-11-12-24(23)15-7-3-2-4-8-15/h2-10,13H,11-12H2,1H3,(H,20,21,22). The summed E-state index contributed by atoms with van der Waals surface area (Å²) in [5, 5.41) is 3.22. The number of aromatic nitrogens is 3. The summed E-state index contributed by atoms with van der Waals surface area (Å²) in [6.45, 7) is 2.49. The zero-order chi connectivity index (χ0) is 16.8. The number of rotatable bonds is 6. The maximum absolute atomic E-state index is 12.2. The number of anilines is 1. The van der Waals surface area contributed by atoms with Gasteiger partial charge in [0.05, 0.1) is 10.8 Å². The van der Waals surface area contributed by atoms with E-state index in [2.05, 4.69) is 20.3 Å². The Balaban J connectivity index is 1.65. The molecule has 0 aliphatic carbocycles. The SMILES string of the molecule is Cc1cc(NCCS(=O)c2ccccc2)nc(-c2ccccn2)n1. The summed E-state index contributed by atoms with van der Waals surface area (Å²) in [5.74, 6) is 1.82. The number of hydrogen-bond donors (Lipinski definition) is 1. The van der Waals surface area contributed by atoms with E-state index in [1.54, 1.807) is 6.20 Å². The maximum Gasteiger partial charge on any atom is 0.180 e. The van der Waals surface area contributed by atoms with Crippen molar-refractivity contribution >= 4 is 16.6 Å². The zero-order valence-electron chi connectivity index (χ0n) is 13.3. The molecule has 2 heterocycles. The molecule has 0 fully saturated rings. The van der Waals surface area contributed by atoms with Crippen LogP contribution >= 0.6 is 0 Å². The van der Waals surface area contributed by atoms with Crippen LogP contribution in [-0.4, -0.2) is 31.5 Å². The van der Waals surface area contributed by atoms with E-state index in [1.807, 2.05) is 61.5 Å². The highest BCUT2D eigenvalue weighted by atomic mass is 32.2. The number of pyridine rings is 1. The smallest absolute Gasteiger partial charge is 0.180 e. The summed E-state index contributed by atoms with van der Waals surface area (Å²) in [4.78, 5) is 14.0. The lowest BCUT2D eigenvalue weighted by Crippen LogP contribution is -2.12. The highest BCUT2D eigenvalue weighted by molar-refractivity contribution is 7.85. The van der Waals surface area contributed by atoms with Crippen LogP contribution in [0.2, 0.25) is 0 Å². The van der Waals surface area contributed by atoms with Crippen LogP contribution < -0.4 is 5.32 Å². The van der Waals surface area contributed by atoms with Gasteiger partial charge in [-0.1, -0.05) is 24.3 Å². The lowest BCUT2D eigenvalue weighted by Gasteiger charge is -2.08. The van der Waals surface area contributed by atoms with E-state index in [0.717, 1.165) is 16.3 Å². The van der Waals surface area contributed by atoms with Crippen molar-refractivity contribution in [3.05, 3.63) is 66.5 Å². The van der Waals surface area contributed by atoms with Gasteiger partial charge in [0.2, 0.25) is 0 Å². The van der Waals surface area contributed by atoms with Crippen LogP contribution in [0.4, 0.5) is 5.82 Å². The van der Waals surface area contributed by atoms with Gasteiger partial charge < -0.3 is 5.32 Å². The second kappa shape index (κ2) is 7.79. The van der Waals surface area contributed by atoms with Gasteiger partial charge in [0.1, 0.15) is 11.5 Å². The van der Waals surface area contributed by atoms with E-state index in [4.69, 9.17) is 0 Å². The molecule has 5 nitrogen and oxygen atoms in total. The second-order valence-electron chi connectivity index (χ2n) is 5.22. The molecule has 24 heavy (non-hydrogen) atoms. The van der Waals surface area contributed by atoms with Gasteiger partial charge in [0.15, 0.2) is 5.82 Å². The van der Waals surface area contributed by atoms with Gasteiger partial charge >= 0.3 is 0 Å². The van der Waals surface area contributed by atoms with E-state index in [1.165, 1.54) is 0 Å². The molecule has 0 amide bonds. The monoisotopic (exact) mass is 338 g/mol. The third kappa shape index (κ3) is 4.23. The van der Waals surface area contributed by atoms with Crippen LogP contribution in [0.3, 0.4) is 0 Å². The maximum atomic E-state index is 12.2. The fraction of sp³-hybridized carbons (Fsp3) is 0.167. The van der Waals surface area contributed by atoms with Crippen molar-refractivity contribution in [2.24, 2.45) is 0 Å². The first-order chi connectivity index (χ1) is 11.7. The molecular formula is C18H18N4OS. The van der Waals surface area contributed by atoms with Crippen LogP contribution in [0.1, 0.15) is 5.69 Å². The summed E-state index contributed by atoms with van der Waals surface area (Å²) >= 11 is 0. The zero-order valence-corrected chi connectivity index (χ0v) is 14.2. The van der Waals surface area contributed by atoms with Gasteiger partial charge in [-0.2, -0.15) is 0 Å². The van der Waals surface area contributed by atoms with E-state index in [-0.39, 0.29) is 0 Å². The Morgan fingerprint density at radius 3 is 2.58 bits per heavy atom. The Morgan fingerprint density at radius 2 is 1.83 bits per heavy atom. The third-order valence-electron chi connectivity index (χ3n) is 3.35. The number of benzene rings is 1. The Kier molecular flexibility index (Phi) is 5.28. The first-order valence-electron chi connectivity index (χ1n) is 7.67. The van der Waals surface area contributed by atoms with Crippen LogP contribution in [-0.2, 0) is 10.8 Å². The van der Waals surface area contributed by atoms with Crippen LogP contribution in [0.25, 0.3) is 11.5 Å². The number of nitrogens with one attached hydrogen (secondary N) is 1. The average Bonchev–Trinajstić information content (AvgIpc) is 2.63. The summed E-state index contributed by atoms with van der Waals surface area (Å²) < 4.78 is 12.2. The number of nitrogens with zero attached hydrogens (tertiary/aromatic N) is 3. The molecule has 1 unspecified atom stereocenters. The van der Waals surface area contributed by atoms with Crippen LogP contribution in [0, 0.1) is 6.92 Å². The Bertz CT molecular complexity index is 825. The first-order valence-corrected chi connectivity index (χ1v) is 8.98. The molecule has 122 valence electrons.